The van der Waals surface area contributed by atoms with Gasteiger partial charge in [-0.25, -0.2) is 4.68 Å². The summed E-state index contributed by atoms with van der Waals surface area (Å²) in [6.45, 7) is 0.645. The molecule has 9 heteroatoms. The van der Waals surface area contributed by atoms with Crippen LogP contribution in [0.2, 0.25) is 0 Å². The molecule has 1 aromatic carbocycles. The van der Waals surface area contributed by atoms with Crippen LogP contribution in [0.15, 0.2) is 48.9 Å². The molecule has 0 saturated carbocycles. The highest BCUT2D eigenvalue weighted by atomic mass is 16.2. The maximum atomic E-state index is 12.3. The number of anilines is 1. The first-order valence-corrected chi connectivity index (χ1v) is 7.99. The van der Waals surface area contributed by atoms with E-state index in [1.807, 2.05) is 30.5 Å². The first-order valence-electron chi connectivity index (χ1n) is 7.99. The molecule has 0 aliphatic heterocycles. The van der Waals surface area contributed by atoms with Gasteiger partial charge in [-0.3, -0.25) is 14.3 Å². The second kappa shape index (κ2) is 7.60. The van der Waals surface area contributed by atoms with Gasteiger partial charge >= 0.3 is 0 Å². The molecule has 2 amide bonds. The molecule has 0 aliphatic carbocycles. The molecule has 2 heterocycles. The molecule has 3 aromatic rings. The molecule has 0 aliphatic rings. The third-order valence-electron chi connectivity index (χ3n) is 3.66. The molecule has 0 bridgehead atoms. The van der Waals surface area contributed by atoms with E-state index < -0.39 is 0 Å². The van der Waals surface area contributed by atoms with Crippen LogP contribution >= 0.6 is 0 Å². The molecule has 0 fully saturated rings. The Labute approximate surface area is 150 Å². The Morgan fingerprint density at radius 2 is 2.04 bits per heavy atom. The number of carbonyl (C=O) groups is 2. The highest BCUT2D eigenvalue weighted by molar-refractivity contribution is 6.02. The van der Waals surface area contributed by atoms with E-state index in [1.54, 1.807) is 31.0 Å². The molecule has 134 valence electrons. The summed E-state index contributed by atoms with van der Waals surface area (Å²) in [6, 6.07) is 9.35. The van der Waals surface area contributed by atoms with E-state index in [1.165, 1.54) is 15.8 Å². The van der Waals surface area contributed by atoms with Crippen molar-refractivity contribution < 1.29 is 9.59 Å². The number of benzene rings is 1. The van der Waals surface area contributed by atoms with Crippen molar-refractivity contribution in [3.8, 4) is 0 Å². The number of amides is 2. The highest BCUT2D eigenvalue weighted by Crippen LogP contribution is 2.13. The van der Waals surface area contributed by atoms with E-state index in [9.17, 15) is 9.59 Å². The van der Waals surface area contributed by atoms with Gasteiger partial charge in [0.1, 0.15) is 6.54 Å². The normalized spacial score (nSPS) is 10.5. The van der Waals surface area contributed by atoms with Crippen molar-refractivity contribution in [1.82, 2.24) is 29.7 Å². The molecule has 9 nitrogen and oxygen atoms in total. The van der Waals surface area contributed by atoms with Crippen LogP contribution in [0, 0.1) is 0 Å². The molecule has 0 spiro atoms. The Bertz CT molecular complexity index is 899. The number of carbonyl (C=O) groups excluding carboxylic acids is 2. The van der Waals surface area contributed by atoms with Crippen molar-refractivity contribution in [2.75, 3.05) is 19.4 Å². The van der Waals surface area contributed by atoms with Crippen LogP contribution in [0.1, 0.15) is 16.1 Å². The van der Waals surface area contributed by atoms with Gasteiger partial charge in [-0.1, -0.05) is 17.3 Å². The lowest BCUT2D eigenvalue weighted by molar-refractivity contribution is -0.129. The van der Waals surface area contributed by atoms with E-state index in [2.05, 4.69) is 20.7 Å². The SMILES string of the molecule is CN(C)C(=O)Cn1cc(C(=O)Nc2cccc(Cn3cccn3)c2)nn1. The zero-order valence-electron chi connectivity index (χ0n) is 14.5. The van der Waals surface area contributed by atoms with Crippen LogP contribution in [0.5, 0.6) is 0 Å². The zero-order chi connectivity index (χ0) is 18.5. The molecule has 1 N–H and O–H groups in total. The van der Waals surface area contributed by atoms with Crippen molar-refractivity contribution in [2.24, 2.45) is 0 Å². The summed E-state index contributed by atoms with van der Waals surface area (Å²) in [5.41, 5.74) is 1.80. The van der Waals surface area contributed by atoms with Crippen LogP contribution in [0.3, 0.4) is 0 Å². The third-order valence-corrected chi connectivity index (χ3v) is 3.66. The lowest BCUT2D eigenvalue weighted by Gasteiger charge is -2.08. The smallest absolute Gasteiger partial charge is 0.277 e. The first-order chi connectivity index (χ1) is 12.5. The van der Waals surface area contributed by atoms with Crippen LogP contribution in [0.4, 0.5) is 5.69 Å². The van der Waals surface area contributed by atoms with Gasteiger partial charge < -0.3 is 10.2 Å². The summed E-state index contributed by atoms with van der Waals surface area (Å²) < 4.78 is 3.14. The molecule has 2 aromatic heterocycles. The number of hydrogen-bond acceptors (Lipinski definition) is 5. The third kappa shape index (κ3) is 4.32. The van der Waals surface area contributed by atoms with E-state index in [4.69, 9.17) is 0 Å². The van der Waals surface area contributed by atoms with Crippen LogP contribution in [-0.4, -0.2) is 55.6 Å². The maximum absolute atomic E-state index is 12.3. The quantitative estimate of drug-likeness (QED) is 0.709. The van der Waals surface area contributed by atoms with E-state index in [-0.39, 0.29) is 24.1 Å². The number of likely N-dealkylation sites (N-methyl/N-ethyl adjacent to an activating group) is 1. The molecule has 0 radical (unpaired) electrons. The molecule has 0 atom stereocenters. The Balaban J connectivity index is 1.64. The number of nitrogens with zero attached hydrogens (tertiary/aromatic N) is 6. The van der Waals surface area contributed by atoms with Crippen molar-refractivity contribution in [2.45, 2.75) is 13.1 Å². The molecule has 0 saturated heterocycles. The van der Waals surface area contributed by atoms with Crippen molar-refractivity contribution >= 4 is 17.5 Å². The second-order valence-electron chi connectivity index (χ2n) is 5.95. The van der Waals surface area contributed by atoms with Gasteiger partial charge in [-0.2, -0.15) is 5.10 Å². The van der Waals surface area contributed by atoms with E-state index >= 15 is 0 Å². The van der Waals surface area contributed by atoms with Gasteiger partial charge in [0.15, 0.2) is 5.69 Å². The predicted octanol–water partition coefficient (Wildman–Crippen LogP) is 0.863. The fourth-order valence-corrected chi connectivity index (χ4v) is 2.28. The minimum absolute atomic E-state index is 0.0344. The van der Waals surface area contributed by atoms with Gasteiger partial charge in [0.05, 0.1) is 12.7 Å². The molecule has 3 rings (SSSR count). The summed E-state index contributed by atoms with van der Waals surface area (Å²) >= 11 is 0. The fraction of sp³-hybridized carbons (Fsp3) is 0.235. The lowest BCUT2D eigenvalue weighted by Crippen LogP contribution is -2.26. The summed E-state index contributed by atoms with van der Waals surface area (Å²) in [5.74, 6) is -0.516. The molecular formula is C17H19N7O2. The maximum Gasteiger partial charge on any atom is 0.277 e. The monoisotopic (exact) mass is 353 g/mol. The van der Waals surface area contributed by atoms with Crippen LogP contribution in [-0.2, 0) is 17.9 Å². The minimum atomic E-state index is -0.384. The average molecular weight is 353 g/mol. The second-order valence-corrected chi connectivity index (χ2v) is 5.95. The molecular weight excluding hydrogens is 334 g/mol. The number of aromatic nitrogens is 5. The highest BCUT2D eigenvalue weighted by Gasteiger charge is 2.13. The Morgan fingerprint density at radius 1 is 1.19 bits per heavy atom. The fourth-order valence-electron chi connectivity index (χ4n) is 2.28. The van der Waals surface area contributed by atoms with E-state index in [0.29, 0.717) is 12.2 Å². The standard InChI is InChI=1S/C17H19N7O2/c1-22(2)16(25)12-24-11-15(20-21-24)17(26)19-14-6-3-5-13(9-14)10-23-8-4-7-18-23/h3-9,11H,10,12H2,1-2H3,(H,19,26). The Kier molecular flexibility index (Phi) is 5.07. The van der Waals surface area contributed by atoms with Gasteiger partial charge in [-0.05, 0) is 23.8 Å². The lowest BCUT2D eigenvalue weighted by atomic mass is 10.2. The number of rotatable bonds is 6. The summed E-state index contributed by atoms with van der Waals surface area (Å²) in [7, 11) is 3.31. The van der Waals surface area contributed by atoms with Crippen molar-refractivity contribution in [3.63, 3.8) is 0 Å². The van der Waals surface area contributed by atoms with Crippen LogP contribution in [0.25, 0.3) is 0 Å². The van der Waals surface area contributed by atoms with Crippen LogP contribution < -0.4 is 5.32 Å². The van der Waals surface area contributed by atoms with Gasteiger partial charge in [-0.15, -0.1) is 5.10 Å². The number of nitrogens with one attached hydrogen (secondary N) is 1. The number of hydrogen-bond donors (Lipinski definition) is 1. The van der Waals surface area contributed by atoms with Gasteiger partial charge in [0, 0.05) is 32.2 Å². The Morgan fingerprint density at radius 3 is 2.77 bits per heavy atom. The van der Waals surface area contributed by atoms with Gasteiger partial charge in [0.2, 0.25) is 5.91 Å². The topological polar surface area (TPSA) is 97.9 Å². The zero-order valence-corrected chi connectivity index (χ0v) is 14.5. The summed E-state index contributed by atoms with van der Waals surface area (Å²) in [4.78, 5) is 25.5. The molecule has 0 unspecified atom stereocenters. The van der Waals surface area contributed by atoms with Crippen molar-refractivity contribution in [1.29, 1.82) is 0 Å². The Hall–Kier alpha value is -3.49. The predicted molar refractivity (Wildman–Crippen MR) is 94.4 cm³/mol. The largest absolute Gasteiger partial charge is 0.347 e. The van der Waals surface area contributed by atoms with Crippen molar-refractivity contribution in [3.05, 3.63) is 60.2 Å². The molecule has 26 heavy (non-hydrogen) atoms. The summed E-state index contributed by atoms with van der Waals surface area (Å²) in [5, 5.41) is 14.6. The summed E-state index contributed by atoms with van der Waals surface area (Å²) in [6.07, 6.45) is 5.04. The van der Waals surface area contributed by atoms with Gasteiger partial charge in [0.25, 0.3) is 5.91 Å². The average Bonchev–Trinajstić information content (AvgIpc) is 3.27. The minimum Gasteiger partial charge on any atom is -0.347 e. The first kappa shape index (κ1) is 17.3. The van der Waals surface area contributed by atoms with E-state index in [0.717, 1.165) is 5.56 Å².